The van der Waals surface area contributed by atoms with Crippen LogP contribution in [0.2, 0.25) is 0 Å². The Balaban J connectivity index is 2.01. The van der Waals surface area contributed by atoms with Gasteiger partial charge in [-0.15, -0.1) is 0 Å². The zero-order valence-corrected chi connectivity index (χ0v) is 15.4. The van der Waals surface area contributed by atoms with Crippen LogP contribution >= 0.6 is 0 Å². The number of nitrogens with one attached hydrogen (secondary N) is 1. The Bertz CT molecular complexity index is 333. The first-order valence-electron chi connectivity index (χ1n) is 9.96. The fourth-order valence-corrected chi connectivity index (χ4v) is 3.59. The van der Waals surface area contributed by atoms with E-state index < -0.39 is 0 Å². The molecular weight excluding hydrogens is 286 g/mol. The van der Waals surface area contributed by atoms with E-state index in [0.29, 0.717) is 12.2 Å². The van der Waals surface area contributed by atoms with Gasteiger partial charge in [-0.3, -0.25) is 9.59 Å². The number of ketones is 1. The average Bonchev–Trinajstić information content (AvgIpc) is 2.56. The van der Waals surface area contributed by atoms with E-state index in [4.69, 9.17) is 0 Å². The summed E-state index contributed by atoms with van der Waals surface area (Å²) >= 11 is 0. The molecule has 0 saturated heterocycles. The van der Waals surface area contributed by atoms with Crippen LogP contribution in [0.25, 0.3) is 0 Å². The minimum Gasteiger partial charge on any atom is -0.356 e. The zero-order valence-electron chi connectivity index (χ0n) is 15.4. The van der Waals surface area contributed by atoms with Crippen LogP contribution in [0.5, 0.6) is 0 Å². The topological polar surface area (TPSA) is 46.2 Å². The van der Waals surface area contributed by atoms with Crippen molar-refractivity contribution in [3.63, 3.8) is 0 Å². The fraction of sp³-hybridized carbons (Fsp3) is 0.900. The second kappa shape index (κ2) is 12.5. The van der Waals surface area contributed by atoms with Crippen LogP contribution in [0.15, 0.2) is 0 Å². The lowest BCUT2D eigenvalue weighted by molar-refractivity contribution is -0.126. The van der Waals surface area contributed by atoms with Crippen molar-refractivity contribution in [1.82, 2.24) is 5.32 Å². The van der Waals surface area contributed by atoms with Gasteiger partial charge in [0.2, 0.25) is 5.91 Å². The molecule has 1 aliphatic carbocycles. The molecule has 1 N–H and O–H groups in total. The summed E-state index contributed by atoms with van der Waals surface area (Å²) in [7, 11) is 0. The molecule has 1 fully saturated rings. The third-order valence-corrected chi connectivity index (χ3v) is 5.14. The van der Waals surface area contributed by atoms with Gasteiger partial charge in [0.1, 0.15) is 5.78 Å². The first kappa shape index (κ1) is 20.2. The molecule has 3 nitrogen and oxygen atoms in total. The standard InChI is InChI=1S/C20H37NO2/c1-3-5-10-17-12-14-18(15-13-17)20(23)21-16-8-6-7-11-19(22)9-4-2/h17-18H,3-16H2,1-2H3,(H,21,23). The predicted molar refractivity (Wildman–Crippen MR) is 96.4 cm³/mol. The minimum absolute atomic E-state index is 0.249. The SMILES string of the molecule is CCCCC1CCC(C(=O)NCCCCCC(=O)CCC)CC1. The summed E-state index contributed by atoms with van der Waals surface area (Å²) in [6, 6.07) is 0. The lowest BCUT2D eigenvalue weighted by Gasteiger charge is -2.27. The molecule has 0 radical (unpaired) electrons. The number of carbonyl (C=O) groups is 2. The Morgan fingerprint density at radius 2 is 1.61 bits per heavy atom. The summed E-state index contributed by atoms with van der Waals surface area (Å²) in [5.41, 5.74) is 0. The van der Waals surface area contributed by atoms with Crippen molar-refractivity contribution >= 4 is 11.7 Å². The van der Waals surface area contributed by atoms with Crippen LogP contribution in [-0.4, -0.2) is 18.2 Å². The van der Waals surface area contributed by atoms with Crippen LogP contribution in [0, 0.1) is 11.8 Å². The molecule has 23 heavy (non-hydrogen) atoms. The maximum atomic E-state index is 12.2. The Morgan fingerprint density at radius 3 is 2.26 bits per heavy atom. The van der Waals surface area contributed by atoms with Gasteiger partial charge in [-0.05, 0) is 50.9 Å². The number of rotatable bonds is 12. The molecule has 0 atom stereocenters. The van der Waals surface area contributed by atoms with E-state index in [1.807, 2.05) is 6.92 Å². The van der Waals surface area contributed by atoms with Crippen molar-refractivity contribution in [3.05, 3.63) is 0 Å². The second-order valence-corrected chi connectivity index (χ2v) is 7.25. The fourth-order valence-electron chi connectivity index (χ4n) is 3.59. The summed E-state index contributed by atoms with van der Waals surface area (Å²) in [6.45, 7) is 5.07. The highest BCUT2D eigenvalue weighted by Crippen LogP contribution is 2.31. The first-order chi connectivity index (χ1) is 11.2. The summed E-state index contributed by atoms with van der Waals surface area (Å²) in [5, 5.41) is 3.10. The van der Waals surface area contributed by atoms with Crippen LogP contribution < -0.4 is 5.32 Å². The third kappa shape index (κ3) is 9.12. The second-order valence-electron chi connectivity index (χ2n) is 7.25. The van der Waals surface area contributed by atoms with Gasteiger partial charge >= 0.3 is 0 Å². The molecule has 1 saturated carbocycles. The van der Waals surface area contributed by atoms with E-state index in [1.165, 1.54) is 32.1 Å². The minimum atomic E-state index is 0.249. The van der Waals surface area contributed by atoms with Gasteiger partial charge < -0.3 is 5.32 Å². The number of amides is 1. The van der Waals surface area contributed by atoms with E-state index >= 15 is 0 Å². The molecule has 134 valence electrons. The molecule has 0 unspecified atom stereocenters. The van der Waals surface area contributed by atoms with Gasteiger partial charge in [0.25, 0.3) is 0 Å². The lowest BCUT2D eigenvalue weighted by Crippen LogP contribution is -2.33. The lowest BCUT2D eigenvalue weighted by atomic mass is 9.79. The predicted octanol–water partition coefficient (Wildman–Crippen LogP) is 5.03. The monoisotopic (exact) mass is 323 g/mol. The molecule has 1 aliphatic rings. The van der Waals surface area contributed by atoms with E-state index in [9.17, 15) is 9.59 Å². The molecule has 3 heteroatoms. The molecule has 0 spiro atoms. The van der Waals surface area contributed by atoms with Crippen molar-refractivity contribution in [2.24, 2.45) is 11.8 Å². The molecule has 0 heterocycles. The Morgan fingerprint density at radius 1 is 0.870 bits per heavy atom. The number of carbonyl (C=O) groups excluding carboxylic acids is 2. The Hall–Kier alpha value is -0.860. The molecular formula is C20H37NO2. The highest BCUT2D eigenvalue weighted by molar-refractivity contribution is 5.78. The number of Topliss-reactive ketones (excluding diaryl/α,β-unsaturated/α-hetero) is 1. The van der Waals surface area contributed by atoms with Gasteiger partial charge in [-0.1, -0.05) is 39.5 Å². The van der Waals surface area contributed by atoms with E-state index in [1.54, 1.807) is 0 Å². The van der Waals surface area contributed by atoms with E-state index in [-0.39, 0.29) is 11.8 Å². The van der Waals surface area contributed by atoms with Gasteiger partial charge in [-0.25, -0.2) is 0 Å². The van der Waals surface area contributed by atoms with E-state index in [0.717, 1.165) is 57.4 Å². The average molecular weight is 324 g/mol. The van der Waals surface area contributed by atoms with Crippen molar-refractivity contribution in [3.8, 4) is 0 Å². The molecule has 0 aromatic rings. The van der Waals surface area contributed by atoms with Crippen molar-refractivity contribution in [2.45, 2.75) is 97.3 Å². The van der Waals surface area contributed by atoms with Crippen LogP contribution in [0.3, 0.4) is 0 Å². The highest BCUT2D eigenvalue weighted by atomic mass is 16.1. The van der Waals surface area contributed by atoms with Gasteiger partial charge in [0.15, 0.2) is 0 Å². The Labute approximate surface area is 143 Å². The van der Waals surface area contributed by atoms with Crippen molar-refractivity contribution < 1.29 is 9.59 Å². The van der Waals surface area contributed by atoms with Gasteiger partial charge in [0.05, 0.1) is 0 Å². The molecule has 0 aliphatic heterocycles. The van der Waals surface area contributed by atoms with Gasteiger partial charge in [-0.2, -0.15) is 0 Å². The third-order valence-electron chi connectivity index (χ3n) is 5.14. The summed E-state index contributed by atoms with van der Waals surface area (Å²) in [5.74, 6) is 1.76. The first-order valence-corrected chi connectivity index (χ1v) is 9.96. The van der Waals surface area contributed by atoms with Crippen LogP contribution in [-0.2, 0) is 9.59 Å². The van der Waals surface area contributed by atoms with Crippen LogP contribution in [0.4, 0.5) is 0 Å². The molecule has 1 rings (SSSR count). The largest absolute Gasteiger partial charge is 0.356 e. The summed E-state index contributed by atoms with van der Waals surface area (Å²) in [4.78, 5) is 23.6. The molecule has 0 bridgehead atoms. The highest BCUT2D eigenvalue weighted by Gasteiger charge is 2.25. The smallest absolute Gasteiger partial charge is 0.223 e. The normalized spacial score (nSPS) is 21.1. The summed E-state index contributed by atoms with van der Waals surface area (Å²) < 4.78 is 0. The summed E-state index contributed by atoms with van der Waals surface area (Å²) in [6.07, 6.45) is 14.0. The maximum absolute atomic E-state index is 12.2. The molecule has 1 amide bonds. The number of hydrogen-bond donors (Lipinski definition) is 1. The molecule has 0 aromatic heterocycles. The maximum Gasteiger partial charge on any atom is 0.223 e. The number of unbranched alkanes of at least 4 members (excludes halogenated alkanes) is 3. The molecule has 0 aromatic carbocycles. The van der Waals surface area contributed by atoms with Crippen LogP contribution in [0.1, 0.15) is 97.3 Å². The van der Waals surface area contributed by atoms with Gasteiger partial charge in [0, 0.05) is 25.3 Å². The quantitative estimate of drug-likeness (QED) is 0.512. The Kier molecular flexibility index (Phi) is 11.0. The zero-order chi connectivity index (χ0) is 16.9. The number of hydrogen-bond acceptors (Lipinski definition) is 2. The van der Waals surface area contributed by atoms with Crippen molar-refractivity contribution in [2.75, 3.05) is 6.54 Å². The van der Waals surface area contributed by atoms with Crippen molar-refractivity contribution in [1.29, 1.82) is 0 Å². The van der Waals surface area contributed by atoms with E-state index in [2.05, 4.69) is 12.2 Å².